The predicted octanol–water partition coefficient (Wildman–Crippen LogP) is 0.0135. The lowest BCUT2D eigenvalue weighted by molar-refractivity contribution is 0.191. The Kier molecular flexibility index (Phi) is 8.75. The summed E-state index contributed by atoms with van der Waals surface area (Å²) in [7, 11) is 0. The van der Waals surface area contributed by atoms with Crippen LogP contribution in [0.15, 0.2) is 30.3 Å². The molecular weight excluding hydrogens is 202 g/mol. The monoisotopic (exact) mass is 225 g/mol. The van der Waals surface area contributed by atoms with Crippen molar-refractivity contribution >= 4 is 0 Å². The van der Waals surface area contributed by atoms with Gasteiger partial charge in [0.15, 0.2) is 0 Å². The molecule has 16 heavy (non-hydrogen) atoms. The van der Waals surface area contributed by atoms with Crippen LogP contribution in [-0.2, 0) is 0 Å². The van der Waals surface area contributed by atoms with Crippen molar-refractivity contribution in [1.29, 1.82) is 0 Å². The number of hydrogen-bond acceptors (Lipinski definition) is 4. The third-order valence-electron chi connectivity index (χ3n) is 2.27. The smallest absolute Gasteiger partial charge is 0.0784 e. The maximum atomic E-state index is 8.42. The number of aliphatic hydroxyl groups excluding tert-OH is 1. The van der Waals surface area contributed by atoms with Crippen LogP contribution in [0.3, 0.4) is 0 Å². The second-order valence-corrected chi connectivity index (χ2v) is 3.67. The average Bonchev–Trinajstić information content (AvgIpc) is 2.38. The lowest BCUT2D eigenvalue weighted by atomic mass is 10.0. The van der Waals surface area contributed by atoms with E-state index in [1.54, 1.807) is 0 Å². The fourth-order valence-electron chi connectivity index (χ4n) is 1.01. The van der Waals surface area contributed by atoms with Crippen molar-refractivity contribution in [3.05, 3.63) is 35.9 Å². The molecule has 1 rings (SSSR count). The molecule has 0 aliphatic carbocycles. The van der Waals surface area contributed by atoms with Crippen LogP contribution in [0.5, 0.6) is 0 Å². The molecule has 7 N–H and O–H groups in total. The third kappa shape index (κ3) is 6.53. The standard InChI is InChI=1S/C9H13N.C3H10N2O/c1-8(7-10)9-5-3-2-4-6-9;4-1-3(6)2-5/h2-6,8H,7,10H2,1H3;3,6H,1-2,4-5H2. The van der Waals surface area contributed by atoms with Crippen LogP contribution < -0.4 is 17.2 Å². The first kappa shape index (κ1) is 15.1. The van der Waals surface area contributed by atoms with Crippen molar-refractivity contribution in [2.45, 2.75) is 18.9 Å². The van der Waals surface area contributed by atoms with E-state index in [9.17, 15) is 0 Å². The van der Waals surface area contributed by atoms with Gasteiger partial charge in [-0.15, -0.1) is 0 Å². The van der Waals surface area contributed by atoms with Crippen molar-refractivity contribution in [2.24, 2.45) is 17.2 Å². The number of nitrogens with two attached hydrogens (primary N) is 3. The summed E-state index contributed by atoms with van der Waals surface area (Å²) in [5.74, 6) is 0.487. The van der Waals surface area contributed by atoms with Crippen LogP contribution in [0.2, 0.25) is 0 Å². The first-order valence-electron chi connectivity index (χ1n) is 5.48. The quantitative estimate of drug-likeness (QED) is 0.580. The van der Waals surface area contributed by atoms with E-state index in [1.807, 2.05) is 18.2 Å². The van der Waals surface area contributed by atoms with Gasteiger partial charge in [-0.1, -0.05) is 37.3 Å². The highest BCUT2D eigenvalue weighted by atomic mass is 16.3. The molecule has 1 aromatic carbocycles. The molecule has 0 aromatic heterocycles. The topological polar surface area (TPSA) is 98.3 Å². The largest absolute Gasteiger partial charge is 0.390 e. The lowest BCUT2D eigenvalue weighted by Gasteiger charge is -2.06. The Morgan fingerprint density at radius 1 is 1.00 bits per heavy atom. The van der Waals surface area contributed by atoms with Gasteiger partial charge in [0.05, 0.1) is 6.10 Å². The molecule has 0 bridgehead atoms. The fraction of sp³-hybridized carbons (Fsp3) is 0.500. The minimum atomic E-state index is -0.509. The number of benzene rings is 1. The highest BCUT2D eigenvalue weighted by Crippen LogP contribution is 2.11. The van der Waals surface area contributed by atoms with E-state index in [0.717, 1.165) is 6.54 Å². The summed E-state index contributed by atoms with van der Waals surface area (Å²) >= 11 is 0. The Morgan fingerprint density at radius 2 is 1.50 bits per heavy atom. The second-order valence-electron chi connectivity index (χ2n) is 3.67. The molecule has 1 atom stereocenters. The van der Waals surface area contributed by atoms with Gasteiger partial charge in [0, 0.05) is 13.1 Å². The number of aliphatic hydroxyl groups is 1. The zero-order valence-electron chi connectivity index (χ0n) is 9.84. The molecule has 0 radical (unpaired) electrons. The van der Waals surface area contributed by atoms with Gasteiger partial charge >= 0.3 is 0 Å². The molecule has 0 aliphatic rings. The van der Waals surface area contributed by atoms with Gasteiger partial charge in [-0.05, 0) is 18.0 Å². The summed E-state index contributed by atoms with van der Waals surface area (Å²) in [5.41, 5.74) is 16.7. The van der Waals surface area contributed by atoms with Gasteiger partial charge in [-0.2, -0.15) is 0 Å². The van der Waals surface area contributed by atoms with Gasteiger partial charge in [-0.3, -0.25) is 0 Å². The molecule has 4 nitrogen and oxygen atoms in total. The molecule has 4 heteroatoms. The van der Waals surface area contributed by atoms with Crippen molar-refractivity contribution in [1.82, 2.24) is 0 Å². The van der Waals surface area contributed by atoms with Crippen molar-refractivity contribution in [2.75, 3.05) is 19.6 Å². The van der Waals surface area contributed by atoms with E-state index < -0.39 is 6.10 Å². The maximum absolute atomic E-state index is 8.42. The lowest BCUT2D eigenvalue weighted by Crippen LogP contribution is -2.27. The molecule has 1 aromatic rings. The summed E-state index contributed by atoms with van der Waals surface area (Å²) in [4.78, 5) is 0. The van der Waals surface area contributed by atoms with E-state index in [0.29, 0.717) is 5.92 Å². The minimum Gasteiger partial charge on any atom is -0.390 e. The van der Waals surface area contributed by atoms with Crippen LogP contribution in [-0.4, -0.2) is 30.8 Å². The van der Waals surface area contributed by atoms with Gasteiger partial charge in [0.2, 0.25) is 0 Å². The van der Waals surface area contributed by atoms with Crippen LogP contribution in [0.4, 0.5) is 0 Å². The van der Waals surface area contributed by atoms with E-state index in [1.165, 1.54) is 5.56 Å². The van der Waals surface area contributed by atoms with Crippen molar-refractivity contribution in [3.8, 4) is 0 Å². The normalized spacial score (nSPS) is 11.9. The highest BCUT2D eigenvalue weighted by molar-refractivity contribution is 5.18. The molecule has 0 amide bonds. The fourth-order valence-corrected chi connectivity index (χ4v) is 1.01. The summed E-state index contributed by atoms with van der Waals surface area (Å²) in [6.45, 7) is 3.38. The summed E-state index contributed by atoms with van der Waals surface area (Å²) < 4.78 is 0. The Bertz CT molecular complexity index is 250. The van der Waals surface area contributed by atoms with Gasteiger partial charge in [0.25, 0.3) is 0 Å². The van der Waals surface area contributed by atoms with E-state index >= 15 is 0 Å². The SMILES string of the molecule is CC(CN)c1ccccc1.NCC(O)CN. The predicted molar refractivity (Wildman–Crippen MR) is 68.0 cm³/mol. The highest BCUT2D eigenvalue weighted by Gasteiger charge is 1.99. The minimum absolute atomic E-state index is 0.260. The van der Waals surface area contributed by atoms with Crippen molar-refractivity contribution < 1.29 is 5.11 Å². The second kappa shape index (κ2) is 9.30. The molecule has 1 unspecified atom stereocenters. The Labute approximate surface area is 97.4 Å². The van der Waals surface area contributed by atoms with Crippen LogP contribution in [0.1, 0.15) is 18.4 Å². The average molecular weight is 225 g/mol. The van der Waals surface area contributed by atoms with Crippen LogP contribution in [0.25, 0.3) is 0 Å². The van der Waals surface area contributed by atoms with Crippen LogP contribution >= 0.6 is 0 Å². The van der Waals surface area contributed by atoms with Gasteiger partial charge in [-0.25, -0.2) is 0 Å². The number of rotatable bonds is 4. The molecular formula is C12H23N3O. The van der Waals surface area contributed by atoms with Gasteiger partial charge in [0.1, 0.15) is 0 Å². The molecule has 0 heterocycles. The Morgan fingerprint density at radius 3 is 1.81 bits per heavy atom. The molecule has 0 aliphatic heterocycles. The Hall–Kier alpha value is -0.940. The van der Waals surface area contributed by atoms with Crippen LogP contribution in [0, 0.1) is 0 Å². The van der Waals surface area contributed by atoms with E-state index in [2.05, 4.69) is 19.1 Å². The summed E-state index contributed by atoms with van der Waals surface area (Å²) in [6.07, 6.45) is -0.509. The van der Waals surface area contributed by atoms with E-state index in [4.69, 9.17) is 22.3 Å². The third-order valence-corrected chi connectivity index (χ3v) is 2.27. The van der Waals surface area contributed by atoms with Gasteiger partial charge < -0.3 is 22.3 Å². The molecule has 0 saturated heterocycles. The zero-order chi connectivity index (χ0) is 12.4. The number of hydrogen-bond donors (Lipinski definition) is 4. The first-order valence-corrected chi connectivity index (χ1v) is 5.48. The zero-order valence-corrected chi connectivity index (χ0v) is 9.84. The summed E-state index contributed by atoms with van der Waals surface area (Å²) in [5, 5.41) is 8.42. The summed E-state index contributed by atoms with van der Waals surface area (Å²) in [6, 6.07) is 10.3. The van der Waals surface area contributed by atoms with E-state index in [-0.39, 0.29) is 13.1 Å². The Balaban J connectivity index is 0.000000325. The maximum Gasteiger partial charge on any atom is 0.0784 e. The molecule has 0 saturated carbocycles. The molecule has 0 spiro atoms. The molecule has 92 valence electrons. The first-order chi connectivity index (χ1) is 7.65. The molecule has 0 fully saturated rings. The van der Waals surface area contributed by atoms with Crippen molar-refractivity contribution in [3.63, 3.8) is 0 Å².